The normalized spacial score (nSPS) is 11.7. The average Bonchev–Trinajstić information content (AvgIpc) is 2.16. The van der Waals surface area contributed by atoms with Gasteiger partial charge in [-0.05, 0) is 18.2 Å². The Hall–Kier alpha value is -0.460. The van der Waals surface area contributed by atoms with Crippen molar-refractivity contribution in [3.8, 4) is 0 Å². The summed E-state index contributed by atoms with van der Waals surface area (Å²) in [5, 5.41) is 2.89. The van der Waals surface area contributed by atoms with Gasteiger partial charge in [0.25, 0.3) is 0 Å². The molecule has 0 heterocycles. The molecule has 0 aliphatic rings. The third-order valence-electron chi connectivity index (χ3n) is 1.97. The molecule has 0 fully saturated rings. The Bertz CT molecular complexity index is 462. The van der Waals surface area contributed by atoms with Crippen LogP contribution in [0.1, 0.15) is 5.56 Å². The van der Waals surface area contributed by atoms with E-state index in [9.17, 15) is 12.8 Å². The first kappa shape index (κ1) is 13.6. The van der Waals surface area contributed by atoms with Crippen LogP contribution in [0.4, 0.5) is 4.39 Å². The predicted octanol–water partition coefficient (Wildman–Crippen LogP) is 1.72. The van der Waals surface area contributed by atoms with E-state index < -0.39 is 9.84 Å². The lowest BCUT2D eigenvalue weighted by atomic mass is 10.2. The molecule has 0 saturated heterocycles. The van der Waals surface area contributed by atoms with Crippen molar-refractivity contribution in [1.82, 2.24) is 5.32 Å². The highest BCUT2D eigenvalue weighted by atomic mass is 79.9. The molecule has 16 heavy (non-hydrogen) atoms. The molecular weight excluding hydrogens is 297 g/mol. The van der Waals surface area contributed by atoms with Crippen molar-refractivity contribution in [2.24, 2.45) is 0 Å². The van der Waals surface area contributed by atoms with E-state index in [-0.39, 0.29) is 11.6 Å². The Labute approximate surface area is 103 Å². The Kier molecular flexibility index (Phi) is 4.89. The Morgan fingerprint density at radius 3 is 2.75 bits per heavy atom. The number of hydrogen-bond acceptors (Lipinski definition) is 3. The molecule has 0 atom stereocenters. The molecule has 1 aromatic rings. The summed E-state index contributed by atoms with van der Waals surface area (Å²) in [6, 6.07) is 4.66. The van der Waals surface area contributed by atoms with Crippen molar-refractivity contribution in [2.75, 3.05) is 18.6 Å². The van der Waals surface area contributed by atoms with Crippen molar-refractivity contribution >= 4 is 25.8 Å². The van der Waals surface area contributed by atoms with Crippen LogP contribution in [0.25, 0.3) is 0 Å². The van der Waals surface area contributed by atoms with Crippen LogP contribution in [-0.2, 0) is 16.4 Å². The van der Waals surface area contributed by atoms with Crippen LogP contribution in [0.3, 0.4) is 0 Å². The number of halogens is 2. The topological polar surface area (TPSA) is 46.2 Å². The standard InChI is InChI=1S/C10H13BrFNO2S/c1-16(14,15)5-4-13-7-8-6-9(11)2-3-10(8)12/h2-3,6,13H,4-5,7H2,1H3. The van der Waals surface area contributed by atoms with Crippen LogP contribution in [0, 0.1) is 5.82 Å². The van der Waals surface area contributed by atoms with Crippen LogP contribution in [0.2, 0.25) is 0 Å². The van der Waals surface area contributed by atoms with Crippen molar-refractivity contribution in [1.29, 1.82) is 0 Å². The predicted molar refractivity (Wildman–Crippen MR) is 65.5 cm³/mol. The van der Waals surface area contributed by atoms with E-state index in [2.05, 4.69) is 21.2 Å². The molecule has 0 aliphatic carbocycles. The minimum Gasteiger partial charge on any atom is -0.312 e. The van der Waals surface area contributed by atoms with E-state index in [0.29, 0.717) is 18.7 Å². The van der Waals surface area contributed by atoms with E-state index in [1.54, 1.807) is 12.1 Å². The maximum absolute atomic E-state index is 13.3. The lowest BCUT2D eigenvalue weighted by Crippen LogP contribution is -2.22. The van der Waals surface area contributed by atoms with E-state index in [4.69, 9.17) is 0 Å². The lowest BCUT2D eigenvalue weighted by Gasteiger charge is -2.05. The Balaban J connectivity index is 2.46. The molecule has 0 aromatic heterocycles. The molecule has 1 rings (SSSR count). The summed E-state index contributed by atoms with van der Waals surface area (Å²) in [5.41, 5.74) is 0.517. The SMILES string of the molecule is CS(=O)(=O)CCNCc1cc(Br)ccc1F. The quantitative estimate of drug-likeness (QED) is 0.843. The van der Waals surface area contributed by atoms with Gasteiger partial charge in [0.05, 0.1) is 5.75 Å². The van der Waals surface area contributed by atoms with Gasteiger partial charge in [0, 0.05) is 29.4 Å². The fourth-order valence-corrected chi connectivity index (χ4v) is 2.08. The van der Waals surface area contributed by atoms with Gasteiger partial charge >= 0.3 is 0 Å². The van der Waals surface area contributed by atoms with Gasteiger partial charge in [-0.1, -0.05) is 15.9 Å². The molecule has 0 saturated carbocycles. The first-order chi connectivity index (χ1) is 7.38. The number of benzene rings is 1. The van der Waals surface area contributed by atoms with Crippen LogP contribution in [-0.4, -0.2) is 27.0 Å². The summed E-state index contributed by atoms with van der Waals surface area (Å²) >= 11 is 3.25. The molecule has 90 valence electrons. The van der Waals surface area contributed by atoms with Crippen molar-refractivity contribution < 1.29 is 12.8 Å². The monoisotopic (exact) mass is 309 g/mol. The Morgan fingerprint density at radius 2 is 2.12 bits per heavy atom. The molecule has 0 spiro atoms. The number of hydrogen-bond donors (Lipinski definition) is 1. The number of nitrogens with one attached hydrogen (secondary N) is 1. The van der Waals surface area contributed by atoms with Gasteiger partial charge in [-0.25, -0.2) is 12.8 Å². The maximum atomic E-state index is 13.3. The smallest absolute Gasteiger partial charge is 0.148 e. The first-order valence-corrected chi connectivity index (χ1v) is 7.56. The summed E-state index contributed by atoms with van der Waals surface area (Å²) in [7, 11) is -2.96. The maximum Gasteiger partial charge on any atom is 0.148 e. The molecule has 0 radical (unpaired) electrons. The van der Waals surface area contributed by atoms with Crippen LogP contribution in [0.5, 0.6) is 0 Å². The molecule has 0 amide bonds. The molecule has 0 unspecified atom stereocenters. The minimum atomic E-state index is -2.96. The van der Waals surface area contributed by atoms with Gasteiger partial charge in [0.1, 0.15) is 15.7 Å². The fourth-order valence-electron chi connectivity index (χ4n) is 1.16. The molecule has 1 aromatic carbocycles. The van der Waals surface area contributed by atoms with Gasteiger partial charge in [-0.3, -0.25) is 0 Å². The number of rotatable bonds is 5. The van der Waals surface area contributed by atoms with Gasteiger partial charge in [-0.2, -0.15) is 0 Å². The lowest BCUT2D eigenvalue weighted by molar-refractivity contribution is 0.585. The highest BCUT2D eigenvalue weighted by Gasteiger charge is 2.04. The van der Waals surface area contributed by atoms with E-state index in [1.165, 1.54) is 12.3 Å². The van der Waals surface area contributed by atoms with Crippen molar-refractivity contribution in [3.05, 3.63) is 34.1 Å². The molecule has 0 bridgehead atoms. The van der Waals surface area contributed by atoms with Crippen LogP contribution < -0.4 is 5.32 Å². The second kappa shape index (κ2) is 5.75. The summed E-state index contributed by atoms with van der Waals surface area (Å²) < 4.78 is 35.7. The zero-order chi connectivity index (χ0) is 12.2. The van der Waals surface area contributed by atoms with Crippen molar-refractivity contribution in [3.63, 3.8) is 0 Å². The molecule has 0 aliphatic heterocycles. The first-order valence-electron chi connectivity index (χ1n) is 4.71. The summed E-state index contributed by atoms with van der Waals surface area (Å²) in [6.45, 7) is 0.644. The van der Waals surface area contributed by atoms with Crippen LogP contribution >= 0.6 is 15.9 Å². The zero-order valence-corrected chi connectivity index (χ0v) is 11.2. The summed E-state index contributed by atoms with van der Waals surface area (Å²) in [6.07, 6.45) is 1.17. The van der Waals surface area contributed by atoms with E-state index in [1.807, 2.05) is 0 Å². The Morgan fingerprint density at radius 1 is 1.44 bits per heavy atom. The fraction of sp³-hybridized carbons (Fsp3) is 0.400. The second-order valence-corrected chi connectivity index (χ2v) is 6.72. The van der Waals surface area contributed by atoms with Crippen molar-refractivity contribution in [2.45, 2.75) is 6.54 Å². The molecule has 1 N–H and O–H groups in total. The van der Waals surface area contributed by atoms with Gasteiger partial charge in [-0.15, -0.1) is 0 Å². The molecule has 6 heteroatoms. The minimum absolute atomic E-state index is 0.0582. The highest BCUT2D eigenvalue weighted by Crippen LogP contribution is 2.15. The third-order valence-corrected chi connectivity index (χ3v) is 3.41. The largest absolute Gasteiger partial charge is 0.312 e. The van der Waals surface area contributed by atoms with Gasteiger partial charge < -0.3 is 5.32 Å². The van der Waals surface area contributed by atoms with Gasteiger partial charge in [0.2, 0.25) is 0 Å². The zero-order valence-electron chi connectivity index (χ0n) is 8.83. The van der Waals surface area contributed by atoms with E-state index in [0.717, 1.165) is 4.47 Å². The van der Waals surface area contributed by atoms with Gasteiger partial charge in [0.15, 0.2) is 0 Å². The number of sulfone groups is 1. The van der Waals surface area contributed by atoms with Crippen LogP contribution in [0.15, 0.2) is 22.7 Å². The highest BCUT2D eigenvalue weighted by molar-refractivity contribution is 9.10. The third kappa shape index (κ3) is 5.05. The summed E-state index contributed by atoms with van der Waals surface area (Å²) in [5.74, 6) is -0.238. The summed E-state index contributed by atoms with van der Waals surface area (Å²) in [4.78, 5) is 0. The average molecular weight is 310 g/mol. The van der Waals surface area contributed by atoms with E-state index >= 15 is 0 Å². The molecule has 3 nitrogen and oxygen atoms in total. The molecular formula is C10H13BrFNO2S. The second-order valence-electron chi connectivity index (χ2n) is 3.54.